The number of ether oxygens (including phenoxy) is 1. The van der Waals surface area contributed by atoms with Gasteiger partial charge in [-0.25, -0.2) is 0 Å². The molecular weight excluding hydrogens is 285 g/mol. The van der Waals surface area contributed by atoms with Crippen molar-refractivity contribution in [3.63, 3.8) is 0 Å². The molecule has 0 aliphatic rings. The van der Waals surface area contributed by atoms with Gasteiger partial charge >= 0.3 is 0 Å². The number of aliphatic hydroxyl groups is 1. The Morgan fingerprint density at radius 1 is 1.37 bits per heavy atom. The first-order valence-corrected chi connectivity index (χ1v) is 6.88. The first-order valence-electron chi connectivity index (χ1n) is 6.12. The molecule has 1 aromatic carbocycles. The fourth-order valence-electron chi connectivity index (χ4n) is 2.39. The normalized spacial score (nSPS) is 13.2. The number of aliphatic hydroxyl groups excluding tert-OH is 1. The second-order valence-corrected chi connectivity index (χ2v) is 5.36. The van der Waals surface area contributed by atoms with E-state index in [9.17, 15) is 5.11 Å². The fourth-order valence-corrected chi connectivity index (χ4v) is 2.97. The van der Waals surface area contributed by atoms with Gasteiger partial charge < -0.3 is 14.4 Å². The predicted octanol–water partition coefficient (Wildman–Crippen LogP) is 3.96. The van der Waals surface area contributed by atoms with Gasteiger partial charge in [0.2, 0.25) is 0 Å². The Bertz CT molecular complexity index is 605. The number of methoxy groups -OCH3 is 1. The molecule has 19 heavy (non-hydrogen) atoms. The van der Waals surface area contributed by atoms with Gasteiger partial charge in [0.15, 0.2) is 0 Å². The number of hydrogen-bond donors (Lipinski definition) is 1. The number of aromatic nitrogens is 1. The van der Waals surface area contributed by atoms with Crippen molar-refractivity contribution >= 4 is 34.1 Å². The maximum atomic E-state index is 9.94. The van der Waals surface area contributed by atoms with Gasteiger partial charge in [0.05, 0.1) is 18.2 Å². The molecule has 0 fully saturated rings. The van der Waals surface area contributed by atoms with E-state index in [4.69, 9.17) is 27.9 Å². The van der Waals surface area contributed by atoms with E-state index in [0.29, 0.717) is 23.3 Å². The topological polar surface area (TPSA) is 34.4 Å². The number of aryl methyl sites for hydroxylation is 1. The van der Waals surface area contributed by atoms with Crippen LogP contribution in [0.25, 0.3) is 10.9 Å². The summed E-state index contributed by atoms with van der Waals surface area (Å²) in [6.45, 7) is 4.84. The zero-order valence-corrected chi connectivity index (χ0v) is 12.7. The maximum Gasteiger partial charge on any atom is 0.115 e. The lowest BCUT2D eigenvalue weighted by molar-refractivity contribution is 0.187. The summed E-state index contributed by atoms with van der Waals surface area (Å²) in [4.78, 5) is 0. The van der Waals surface area contributed by atoms with E-state index in [-0.39, 0.29) is 0 Å². The molecule has 3 nitrogen and oxygen atoms in total. The molecule has 1 aromatic heterocycles. The minimum Gasteiger partial charge on any atom is -0.389 e. The van der Waals surface area contributed by atoms with Crippen molar-refractivity contribution in [1.29, 1.82) is 0 Å². The number of rotatable bonds is 4. The van der Waals surface area contributed by atoms with E-state index in [1.54, 1.807) is 14.0 Å². The average molecular weight is 302 g/mol. The molecule has 1 atom stereocenters. The highest BCUT2D eigenvalue weighted by Crippen LogP contribution is 2.37. The van der Waals surface area contributed by atoms with Crippen LogP contribution in [-0.4, -0.2) is 23.4 Å². The number of nitrogens with zero attached hydrogens (tertiary/aromatic N) is 1. The molecule has 104 valence electrons. The lowest BCUT2D eigenvalue weighted by atomic mass is 10.1. The third-order valence-electron chi connectivity index (χ3n) is 3.32. The molecule has 0 saturated carbocycles. The van der Waals surface area contributed by atoms with Crippen LogP contribution in [0, 0.1) is 6.92 Å². The van der Waals surface area contributed by atoms with Crippen LogP contribution < -0.4 is 0 Å². The quantitative estimate of drug-likeness (QED) is 0.927. The molecule has 0 saturated heterocycles. The van der Waals surface area contributed by atoms with Crippen LogP contribution in [0.15, 0.2) is 12.1 Å². The van der Waals surface area contributed by atoms with Crippen molar-refractivity contribution < 1.29 is 9.84 Å². The molecule has 0 aliphatic heterocycles. The highest BCUT2D eigenvalue weighted by molar-refractivity contribution is 6.34. The van der Waals surface area contributed by atoms with Gasteiger partial charge in [-0.1, -0.05) is 29.3 Å². The summed E-state index contributed by atoms with van der Waals surface area (Å²) in [5.41, 5.74) is 2.67. The molecule has 2 aromatic rings. The zero-order valence-electron chi connectivity index (χ0n) is 11.2. The Balaban J connectivity index is 2.77. The fraction of sp³-hybridized carbons (Fsp3) is 0.429. The van der Waals surface area contributed by atoms with Crippen LogP contribution in [0.1, 0.15) is 24.2 Å². The molecule has 0 bridgehead atoms. The van der Waals surface area contributed by atoms with Crippen LogP contribution in [0.3, 0.4) is 0 Å². The van der Waals surface area contributed by atoms with E-state index in [1.807, 2.05) is 23.6 Å². The van der Waals surface area contributed by atoms with Crippen LogP contribution in [-0.2, 0) is 11.3 Å². The predicted molar refractivity (Wildman–Crippen MR) is 79.2 cm³/mol. The van der Waals surface area contributed by atoms with E-state index < -0.39 is 6.10 Å². The third-order valence-corrected chi connectivity index (χ3v) is 4.14. The van der Waals surface area contributed by atoms with Crippen LogP contribution in [0.2, 0.25) is 10.2 Å². The van der Waals surface area contributed by atoms with Crippen molar-refractivity contribution in [2.24, 2.45) is 0 Å². The van der Waals surface area contributed by atoms with Gasteiger partial charge in [-0.05, 0) is 25.5 Å². The Hall–Kier alpha value is -0.740. The Kier molecular flexibility index (Phi) is 4.41. The molecular formula is C14H17Cl2NO2. The van der Waals surface area contributed by atoms with E-state index in [1.165, 1.54) is 0 Å². The summed E-state index contributed by atoms with van der Waals surface area (Å²) < 4.78 is 7.06. The Labute approximate surface area is 122 Å². The smallest absolute Gasteiger partial charge is 0.115 e. The summed E-state index contributed by atoms with van der Waals surface area (Å²) in [7, 11) is 1.65. The van der Waals surface area contributed by atoms with Crippen molar-refractivity contribution in [1.82, 2.24) is 4.57 Å². The van der Waals surface area contributed by atoms with E-state index in [2.05, 4.69) is 0 Å². The number of benzene rings is 1. The van der Waals surface area contributed by atoms with Crippen LogP contribution in [0.5, 0.6) is 0 Å². The van der Waals surface area contributed by atoms with E-state index in [0.717, 1.165) is 22.0 Å². The Morgan fingerprint density at radius 3 is 2.63 bits per heavy atom. The standard InChI is InChI=1S/C14H17Cl2NO2/c1-8-11(15)5-4-10-12(9(2)18)14(16)17(13(8)10)6-7-19-3/h4-5,9,18H,6-7H2,1-3H3. The second kappa shape index (κ2) is 5.71. The van der Waals surface area contributed by atoms with Crippen molar-refractivity contribution in [2.75, 3.05) is 13.7 Å². The summed E-state index contributed by atoms with van der Waals surface area (Å²) in [6.07, 6.45) is -0.626. The summed E-state index contributed by atoms with van der Waals surface area (Å²) in [5, 5.41) is 12.1. The van der Waals surface area contributed by atoms with Gasteiger partial charge in [-0.3, -0.25) is 0 Å². The molecule has 1 unspecified atom stereocenters. The molecule has 1 N–H and O–H groups in total. The summed E-state index contributed by atoms with van der Waals surface area (Å²) >= 11 is 12.6. The zero-order chi connectivity index (χ0) is 14.2. The third kappa shape index (κ3) is 2.48. The van der Waals surface area contributed by atoms with Crippen LogP contribution in [0.4, 0.5) is 0 Å². The summed E-state index contributed by atoms with van der Waals surface area (Å²) in [5.74, 6) is 0. The monoisotopic (exact) mass is 301 g/mol. The first kappa shape index (κ1) is 14.7. The number of hydrogen-bond acceptors (Lipinski definition) is 2. The lowest BCUT2D eigenvalue weighted by Gasteiger charge is -2.09. The first-order chi connectivity index (χ1) is 8.99. The van der Waals surface area contributed by atoms with Gasteiger partial charge in [0.25, 0.3) is 0 Å². The largest absolute Gasteiger partial charge is 0.389 e. The average Bonchev–Trinajstić information content (AvgIpc) is 2.64. The maximum absolute atomic E-state index is 9.94. The molecule has 0 aliphatic carbocycles. The number of halogens is 2. The summed E-state index contributed by atoms with van der Waals surface area (Å²) in [6, 6.07) is 3.74. The van der Waals surface area contributed by atoms with Gasteiger partial charge in [-0.2, -0.15) is 0 Å². The number of fused-ring (bicyclic) bond motifs is 1. The molecule has 0 amide bonds. The van der Waals surface area contributed by atoms with Crippen molar-refractivity contribution in [3.05, 3.63) is 33.4 Å². The van der Waals surface area contributed by atoms with Gasteiger partial charge in [0, 0.05) is 29.6 Å². The highest BCUT2D eigenvalue weighted by atomic mass is 35.5. The van der Waals surface area contributed by atoms with Crippen molar-refractivity contribution in [2.45, 2.75) is 26.5 Å². The van der Waals surface area contributed by atoms with Crippen LogP contribution >= 0.6 is 23.2 Å². The Morgan fingerprint density at radius 2 is 2.05 bits per heavy atom. The molecule has 5 heteroatoms. The molecule has 1 heterocycles. The minimum absolute atomic E-state index is 0.549. The highest BCUT2D eigenvalue weighted by Gasteiger charge is 2.21. The van der Waals surface area contributed by atoms with Gasteiger partial charge in [0.1, 0.15) is 5.15 Å². The second-order valence-electron chi connectivity index (χ2n) is 4.59. The SMILES string of the molecule is COCCn1c(Cl)c(C(C)O)c2ccc(Cl)c(C)c21. The minimum atomic E-state index is -0.626. The molecule has 0 radical (unpaired) electrons. The molecule has 0 spiro atoms. The lowest BCUT2D eigenvalue weighted by Crippen LogP contribution is -2.05. The van der Waals surface area contributed by atoms with E-state index >= 15 is 0 Å². The molecule has 2 rings (SSSR count). The van der Waals surface area contributed by atoms with Crippen molar-refractivity contribution in [3.8, 4) is 0 Å². The van der Waals surface area contributed by atoms with Gasteiger partial charge in [-0.15, -0.1) is 0 Å².